The van der Waals surface area contributed by atoms with Crippen LogP contribution in [0.5, 0.6) is 0 Å². The average molecular weight is 314 g/mol. The highest BCUT2D eigenvalue weighted by Gasteiger charge is 2.23. The number of nitriles is 1. The third-order valence-electron chi connectivity index (χ3n) is 4.02. The van der Waals surface area contributed by atoms with Gasteiger partial charge >= 0.3 is 0 Å². The summed E-state index contributed by atoms with van der Waals surface area (Å²) in [5, 5.41) is 12.0. The summed E-state index contributed by atoms with van der Waals surface area (Å²) in [4.78, 5) is 6.23. The Balaban J connectivity index is 1.55. The molecule has 2 heterocycles. The van der Waals surface area contributed by atoms with Crippen LogP contribution in [0.3, 0.4) is 0 Å². The Bertz CT molecular complexity index is 724. The number of hydrogen-bond donors (Lipinski definition) is 1. The number of pyridine rings is 1. The summed E-state index contributed by atoms with van der Waals surface area (Å²) in [6.45, 7) is 2.35. The molecular formula is C17H16F2N4. The van der Waals surface area contributed by atoms with Crippen molar-refractivity contribution in [1.82, 2.24) is 4.98 Å². The van der Waals surface area contributed by atoms with Gasteiger partial charge in [0.1, 0.15) is 11.9 Å². The lowest BCUT2D eigenvalue weighted by molar-refractivity contribution is 0.508. The number of nitrogens with one attached hydrogen (secondary N) is 1. The van der Waals surface area contributed by atoms with Gasteiger partial charge < -0.3 is 10.2 Å². The Morgan fingerprint density at radius 1 is 1.26 bits per heavy atom. The Labute approximate surface area is 133 Å². The molecular weight excluding hydrogens is 298 g/mol. The van der Waals surface area contributed by atoms with Crippen LogP contribution in [0.2, 0.25) is 0 Å². The fraction of sp³-hybridized carbons (Fsp3) is 0.294. The fourth-order valence-corrected chi connectivity index (χ4v) is 2.73. The summed E-state index contributed by atoms with van der Waals surface area (Å²) in [6, 6.07) is 9.54. The molecule has 1 saturated heterocycles. The molecule has 1 N–H and O–H groups in total. The SMILES string of the molecule is N#Cc1ccc(NCC2CCN(c3ccc(F)c(F)c3)C2)nc1. The van der Waals surface area contributed by atoms with Crippen molar-refractivity contribution in [2.45, 2.75) is 6.42 Å². The average Bonchev–Trinajstić information content (AvgIpc) is 3.05. The molecule has 1 atom stereocenters. The van der Waals surface area contributed by atoms with E-state index in [1.165, 1.54) is 12.3 Å². The van der Waals surface area contributed by atoms with Gasteiger partial charge in [-0.1, -0.05) is 0 Å². The molecule has 1 aliphatic heterocycles. The van der Waals surface area contributed by atoms with Gasteiger partial charge in [-0.15, -0.1) is 0 Å². The van der Waals surface area contributed by atoms with Crippen LogP contribution in [0.25, 0.3) is 0 Å². The van der Waals surface area contributed by atoms with E-state index in [4.69, 9.17) is 5.26 Å². The highest BCUT2D eigenvalue weighted by Crippen LogP contribution is 2.25. The van der Waals surface area contributed by atoms with E-state index in [9.17, 15) is 8.78 Å². The number of anilines is 2. The number of halogens is 2. The molecule has 0 amide bonds. The highest BCUT2D eigenvalue weighted by molar-refractivity contribution is 5.48. The van der Waals surface area contributed by atoms with E-state index in [-0.39, 0.29) is 0 Å². The number of nitrogens with zero attached hydrogens (tertiary/aromatic N) is 3. The second-order valence-corrected chi connectivity index (χ2v) is 5.62. The topological polar surface area (TPSA) is 52.0 Å². The van der Waals surface area contributed by atoms with Crippen molar-refractivity contribution >= 4 is 11.5 Å². The first-order valence-corrected chi connectivity index (χ1v) is 7.46. The number of aromatic nitrogens is 1. The second kappa shape index (κ2) is 6.61. The molecule has 0 bridgehead atoms. The highest BCUT2D eigenvalue weighted by atomic mass is 19.2. The molecule has 118 valence electrons. The van der Waals surface area contributed by atoms with Crippen LogP contribution in [0.1, 0.15) is 12.0 Å². The van der Waals surface area contributed by atoms with Gasteiger partial charge in [0.15, 0.2) is 11.6 Å². The van der Waals surface area contributed by atoms with E-state index < -0.39 is 11.6 Å². The Morgan fingerprint density at radius 2 is 2.13 bits per heavy atom. The molecule has 4 nitrogen and oxygen atoms in total. The maximum absolute atomic E-state index is 13.3. The molecule has 1 unspecified atom stereocenters. The number of benzene rings is 1. The summed E-state index contributed by atoms with van der Waals surface area (Å²) in [7, 11) is 0. The molecule has 0 spiro atoms. The zero-order chi connectivity index (χ0) is 16.2. The molecule has 1 aromatic carbocycles. The van der Waals surface area contributed by atoms with E-state index in [1.807, 2.05) is 6.07 Å². The molecule has 0 aliphatic carbocycles. The van der Waals surface area contributed by atoms with E-state index in [0.717, 1.165) is 37.9 Å². The Kier molecular flexibility index (Phi) is 4.38. The van der Waals surface area contributed by atoms with Gasteiger partial charge in [-0.25, -0.2) is 13.8 Å². The normalized spacial score (nSPS) is 17.1. The van der Waals surface area contributed by atoms with Gasteiger partial charge in [0.05, 0.1) is 5.56 Å². The number of hydrogen-bond acceptors (Lipinski definition) is 4. The summed E-state index contributed by atoms with van der Waals surface area (Å²) in [5.74, 6) is -0.500. The fourth-order valence-electron chi connectivity index (χ4n) is 2.73. The van der Waals surface area contributed by atoms with Gasteiger partial charge in [-0.3, -0.25) is 0 Å². The minimum Gasteiger partial charge on any atom is -0.371 e. The molecule has 2 aromatic rings. The van der Waals surface area contributed by atoms with Crippen molar-refractivity contribution in [2.75, 3.05) is 29.9 Å². The minimum absolute atomic E-state index is 0.403. The largest absolute Gasteiger partial charge is 0.371 e. The van der Waals surface area contributed by atoms with Crippen LogP contribution in [0.15, 0.2) is 36.5 Å². The molecule has 3 rings (SSSR count). The lowest BCUT2D eigenvalue weighted by Gasteiger charge is -2.19. The summed E-state index contributed by atoms with van der Waals surface area (Å²) < 4.78 is 26.3. The monoisotopic (exact) mass is 314 g/mol. The summed E-state index contributed by atoms with van der Waals surface area (Å²) >= 11 is 0. The van der Waals surface area contributed by atoms with Crippen molar-refractivity contribution in [1.29, 1.82) is 5.26 Å². The lowest BCUT2D eigenvalue weighted by Crippen LogP contribution is -2.22. The smallest absolute Gasteiger partial charge is 0.160 e. The standard InChI is InChI=1S/C17H16F2N4/c18-15-3-2-14(7-16(15)19)23-6-5-13(11-23)10-22-17-4-1-12(8-20)9-21-17/h1-4,7,9,13H,5-6,10-11H2,(H,21,22). The molecule has 1 aromatic heterocycles. The van der Waals surface area contributed by atoms with Crippen LogP contribution in [0.4, 0.5) is 20.3 Å². The van der Waals surface area contributed by atoms with Gasteiger partial charge in [-0.2, -0.15) is 5.26 Å². The van der Waals surface area contributed by atoms with Gasteiger partial charge in [0.2, 0.25) is 0 Å². The summed E-state index contributed by atoms with van der Waals surface area (Å²) in [5.41, 5.74) is 1.24. The Morgan fingerprint density at radius 3 is 2.83 bits per heavy atom. The van der Waals surface area contributed by atoms with Crippen molar-refractivity contribution in [3.05, 3.63) is 53.7 Å². The third kappa shape index (κ3) is 3.57. The van der Waals surface area contributed by atoms with Crippen LogP contribution in [-0.4, -0.2) is 24.6 Å². The second-order valence-electron chi connectivity index (χ2n) is 5.62. The van der Waals surface area contributed by atoms with Gasteiger partial charge in [-0.05, 0) is 36.6 Å². The van der Waals surface area contributed by atoms with Crippen molar-refractivity contribution in [3.8, 4) is 6.07 Å². The van der Waals surface area contributed by atoms with E-state index in [1.54, 1.807) is 18.2 Å². The molecule has 1 aliphatic rings. The molecule has 6 heteroatoms. The predicted octanol–water partition coefficient (Wildman–Crippen LogP) is 3.17. The van der Waals surface area contributed by atoms with Crippen LogP contribution in [0, 0.1) is 28.9 Å². The third-order valence-corrected chi connectivity index (χ3v) is 4.02. The van der Waals surface area contributed by atoms with Crippen molar-refractivity contribution in [3.63, 3.8) is 0 Å². The van der Waals surface area contributed by atoms with Crippen LogP contribution < -0.4 is 10.2 Å². The van der Waals surface area contributed by atoms with Crippen molar-refractivity contribution in [2.24, 2.45) is 5.92 Å². The van der Waals surface area contributed by atoms with Crippen LogP contribution in [-0.2, 0) is 0 Å². The first kappa shape index (κ1) is 15.2. The van der Waals surface area contributed by atoms with E-state index >= 15 is 0 Å². The maximum Gasteiger partial charge on any atom is 0.160 e. The van der Waals surface area contributed by atoms with E-state index in [2.05, 4.69) is 15.2 Å². The molecule has 0 saturated carbocycles. The lowest BCUT2D eigenvalue weighted by atomic mass is 10.1. The predicted molar refractivity (Wildman–Crippen MR) is 84.1 cm³/mol. The van der Waals surface area contributed by atoms with E-state index in [0.29, 0.717) is 17.2 Å². The van der Waals surface area contributed by atoms with Crippen molar-refractivity contribution < 1.29 is 8.78 Å². The first-order valence-electron chi connectivity index (χ1n) is 7.46. The summed E-state index contributed by atoms with van der Waals surface area (Å²) in [6.07, 6.45) is 2.51. The zero-order valence-corrected chi connectivity index (χ0v) is 12.5. The van der Waals surface area contributed by atoms with Crippen LogP contribution >= 0.6 is 0 Å². The quantitative estimate of drug-likeness (QED) is 0.942. The minimum atomic E-state index is -0.821. The zero-order valence-electron chi connectivity index (χ0n) is 12.5. The molecule has 23 heavy (non-hydrogen) atoms. The first-order chi connectivity index (χ1) is 11.2. The molecule has 0 radical (unpaired) electrons. The number of rotatable bonds is 4. The van der Waals surface area contributed by atoms with Gasteiger partial charge in [0, 0.05) is 37.6 Å². The Hall–Kier alpha value is -2.68. The maximum atomic E-state index is 13.3. The van der Waals surface area contributed by atoms with Gasteiger partial charge in [0.25, 0.3) is 0 Å². The molecule has 1 fully saturated rings.